The lowest BCUT2D eigenvalue weighted by molar-refractivity contribution is 0.588. The van der Waals surface area contributed by atoms with Crippen LogP contribution in [0.1, 0.15) is 83.2 Å². The third kappa shape index (κ3) is 5.94. The Balaban J connectivity index is 1.16. The maximum absolute atomic E-state index is 4.92. The van der Waals surface area contributed by atoms with Gasteiger partial charge in [0.15, 0.2) is 0 Å². The van der Waals surface area contributed by atoms with E-state index in [2.05, 4.69) is 197 Å². The molecule has 0 fully saturated rings. The minimum Gasteiger partial charge on any atom is -0.347 e. The number of nitrogens with zero attached hydrogens (tertiary/aromatic N) is 4. The highest BCUT2D eigenvalue weighted by atomic mass is 15.4. The van der Waals surface area contributed by atoms with Crippen LogP contribution in [-0.4, -0.2) is 16.2 Å². The second-order valence-electron chi connectivity index (χ2n) is 17.1. The zero-order valence-electron chi connectivity index (χ0n) is 31.9. The second-order valence-corrected chi connectivity index (χ2v) is 17.1. The Hall–Kier alpha value is -5.35. The van der Waals surface area contributed by atoms with E-state index in [1.54, 1.807) is 0 Å². The largest absolute Gasteiger partial charge is 0.347 e. The van der Waals surface area contributed by atoms with E-state index in [9.17, 15) is 0 Å². The fourth-order valence-corrected chi connectivity index (χ4v) is 7.84. The van der Waals surface area contributed by atoms with Crippen molar-refractivity contribution in [2.45, 2.75) is 78.2 Å². The van der Waals surface area contributed by atoms with Gasteiger partial charge in [-0.15, -0.1) is 0 Å². The van der Waals surface area contributed by atoms with Crippen LogP contribution in [0, 0.1) is 0 Å². The van der Waals surface area contributed by atoms with E-state index in [0.29, 0.717) is 0 Å². The first-order chi connectivity index (χ1) is 24.8. The minimum absolute atomic E-state index is 0.0266. The summed E-state index contributed by atoms with van der Waals surface area (Å²) >= 11 is 0. The first-order valence-corrected chi connectivity index (χ1v) is 18.6. The molecule has 3 heterocycles. The van der Waals surface area contributed by atoms with Crippen LogP contribution in [-0.2, 0) is 22.8 Å². The molecule has 0 atom stereocenters. The topological polar surface area (TPSA) is 24.3 Å². The van der Waals surface area contributed by atoms with Crippen molar-refractivity contribution in [3.63, 3.8) is 0 Å². The standard InChI is InChI=1S/C48H50N4/c1-46(2,3)34-16-13-15-33(27-34)31-50-32-51(43-22-12-11-21-42(43)50)38-18-14-17-36(28-38)48(7,8)37-23-24-40-39-19-9-10-20-41(39)52(44(40)29-37)45-30-35(25-26-49-45)47(4,5)6/h9-30H,31-32H2,1-8H3. The summed E-state index contributed by atoms with van der Waals surface area (Å²) in [4.78, 5) is 9.89. The number of hydrogen-bond acceptors (Lipinski definition) is 3. The molecule has 0 bridgehead atoms. The van der Waals surface area contributed by atoms with Crippen molar-refractivity contribution in [3.05, 3.63) is 161 Å². The van der Waals surface area contributed by atoms with Crippen LogP contribution in [0.25, 0.3) is 27.6 Å². The molecule has 0 radical (unpaired) electrons. The number of anilines is 3. The molecule has 8 rings (SSSR count). The van der Waals surface area contributed by atoms with Gasteiger partial charge < -0.3 is 9.80 Å². The molecule has 2 aromatic heterocycles. The quantitative estimate of drug-likeness (QED) is 0.174. The van der Waals surface area contributed by atoms with E-state index >= 15 is 0 Å². The van der Waals surface area contributed by atoms with Gasteiger partial charge in [0, 0.05) is 34.6 Å². The molecular weight excluding hydrogens is 633 g/mol. The van der Waals surface area contributed by atoms with Crippen LogP contribution < -0.4 is 9.80 Å². The second kappa shape index (κ2) is 12.4. The van der Waals surface area contributed by atoms with Gasteiger partial charge in [-0.25, -0.2) is 4.98 Å². The maximum Gasteiger partial charge on any atom is 0.137 e. The Kier molecular flexibility index (Phi) is 8.06. The Labute approximate surface area is 309 Å². The molecule has 0 spiro atoms. The highest BCUT2D eigenvalue weighted by molar-refractivity contribution is 6.09. The first-order valence-electron chi connectivity index (χ1n) is 18.6. The average molecular weight is 683 g/mol. The molecule has 0 unspecified atom stereocenters. The lowest BCUT2D eigenvalue weighted by Crippen LogP contribution is -2.28. The molecule has 262 valence electrons. The number of benzene rings is 5. The number of para-hydroxylation sites is 3. The van der Waals surface area contributed by atoms with Crippen molar-refractivity contribution in [1.29, 1.82) is 0 Å². The SMILES string of the molecule is CC(C)(C)c1cccc(CN2CN(c3cccc(C(C)(C)c4ccc5c6ccccc6n(-c6cc(C(C)(C)C)ccn6)c5c4)c3)c3ccccc32)c1. The molecule has 0 aliphatic carbocycles. The molecule has 0 saturated heterocycles. The van der Waals surface area contributed by atoms with E-state index in [1.165, 1.54) is 66.7 Å². The van der Waals surface area contributed by atoms with Gasteiger partial charge in [-0.2, -0.15) is 0 Å². The lowest BCUT2D eigenvalue weighted by atomic mass is 9.77. The summed E-state index contributed by atoms with van der Waals surface area (Å²) in [6.07, 6.45) is 1.95. The fourth-order valence-electron chi connectivity index (χ4n) is 7.84. The number of aromatic nitrogens is 2. The molecule has 1 aliphatic rings. The summed E-state index contributed by atoms with van der Waals surface area (Å²) in [5, 5.41) is 2.49. The summed E-state index contributed by atoms with van der Waals surface area (Å²) in [7, 11) is 0. The summed E-state index contributed by atoms with van der Waals surface area (Å²) in [6.45, 7) is 20.0. The van der Waals surface area contributed by atoms with Crippen LogP contribution >= 0.6 is 0 Å². The molecule has 0 amide bonds. The van der Waals surface area contributed by atoms with Crippen LogP contribution in [0.5, 0.6) is 0 Å². The van der Waals surface area contributed by atoms with Crippen LogP contribution in [0.3, 0.4) is 0 Å². The third-order valence-electron chi connectivity index (χ3n) is 11.1. The lowest BCUT2D eigenvalue weighted by Gasteiger charge is -2.29. The number of pyridine rings is 1. The predicted octanol–water partition coefficient (Wildman–Crippen LogP) is 12.2. The summed E-state index contributed by atoms with van der Waals surface area (Å²) in [5.74, 6) is 0.956. The van der Waals surface area contributed by atoms with Crippen molar-refractivity contribution < 1.29 is 0 Å². The van der Waals surface area contributed by atoms with Crippen LogP contribution in [0.4, 0.5) is 17.1 Å². The monoisotopic (exact) mass is 682 g/mol. The van der Waals surface area contributed by atoms with Gasteiger partial charge >= 0.3 is 0 Å². The smallest absolute Gasteiger partial charge is 0.137 e. The van der Waals surface area contributed by atoms with Crippen molar-refractivity contribution in [1.82, 2.24) is 9.55 Å². The van der Waals surface area contributed by atoms with E-state index in [4.69, 9.17) is 4.98 Å². The van der Waals surface area contributed by atoms with Gasteiger partial charge in [0.1, 0.15) is 5.82 Å². The summed E-state index contributed by atoms with van der Waals surface area (Å²) in [5.41, 5.74) is 12.5. The Bertz CT molecular complexity index is 2430. The fraction of sp³-hybridized carbons (Fsp3) is 0.271. The molecule has 4 nitrogen and oxygen atoms in total. The van der Waals surface area contributed by atoms with Crippen LogP contribution in [0.15, 0.2) is 134 Å². The van der Waals surface area contributed by atoms with Gasteiger partial charge in [0.25, 0.3) is 0 Å². The maximum atomic E-state index is 4.92. The predicted molar refractivity (Wildman–Crippen MR) is 221 cm³/mol. The molecule has 4 heteroatoms. The zero-order chi connectivity index (χ0) is 36.4. The summed E-state index contributed by atoms with van der Waals surface area (Å²) in [6, 6.07) is 47.2. The zero-order valence-corrected chi connectivity index (χ0v) is 31.9. The average Bonchev–Trinajstić information content (AvgIpc) is 3.66. The molecule has 0 N–H and O–H groups in total. The van der Waals surface area contributed by atoms with Gasteiger partial charge in [-0.1, -0.05) is 134 Å². The normalized spacial score (nSPS) is 13.7. The van der Waals surface area contributed by atoms with Crippen molar-refractivity contribution in [2.75, 3.05) is 16.5 Å². The Morgan fingerprint density at radius 1 is 0.538 bits per heavy atom. The highest BCUT2D eigenvalue weighted by Crippen LogP contribution is 2.44. The van der Waals surface area contributed by atoms with E-state index < -0.39 is 0 Å². The van der Waals surface area contributed by atoms with Gasteiger partial charge in [0.05, 0.1) is 29.1 Å². The van der Waals surface area contributed by atoms with E-state index in [0.717, 1.165) is 19.0 Å². The Morgan fingerprint density at radius 2 is 1.19 bits per heavy atom. The van der Waals surface area contributed by atoms with E-state index in [1.807, 2.05) is 6.20 Å². The highest BCUT2D eigenvalue weighted by Gasteiger charge is 2.30. The van der Waals surface area contributed by atoms with E-state index in [-0.39, 0.29) is 16.2 Å². The van der Waals surface area contributed by atoms with Gasteiger partial charge in [-0.05, 0) is 87.2 Å². The van der Waals surface area contributed by atoms with Crippen molar-refractivity contribution >= 4 is 38.9 Å². The van der Waals surface area contributed by atoms with Crippen molar-refractivity contribution in [3.8, 4) is 5.82 Å². The van der Waals surface area contributed by atoms with Crippen molar-refractivity contribution in [2.24, 2.45) is 0 Å². The number of hydrogen-bond donors (Lipinski definition) is 0. The number of fused-ring (bicyclic) bond motifs is 4. The molecule has 0 saturated carbocycles. The summed E-state index contributed by atoms with van der Waals surface area (Å²) < 4.78 is 2.35. The molecule has 7 aromatic rings. The molecule has 52 heavy (non-hydrogen) atoms. The number of rotatable bonds is 6. The molecule has 5 aromatic carbocycles. The van der Waals surface area contributed by atoms with Gasteiger partial charge in [-0.3, -0.25) is 4.57 Å². The minimum atomic E-state index is -0.251. The third-order valence-corrected chi connectivity index (χ3v) is 11.1. The van der Waals surface area contributed by atoms with Gasteiger partial charge in [0.2, 0.25) is 0 Å². The first kappa shape index (κ1) is 33.8. The molecule has 1 aliphatic heterocycles. The Morgan fingerprint density at radius 3 is 1.98 bits per heavy atom. The molecular formula is C48H50N4. The van der Waals surface area contributed by atoms with Crippen LogP contribution in [0.2, 0.25) is 0 Å².